The Morgan fingerprint density at radius 3 is 2.65 bits per heavy atom. The standard InChI is InChI=1S/C13H12ClN3O3/c1-20-13-12(17(18)19)11(15-8-16-13)7-10(14)9-5-3-2-4-6-9/h2-6,8,10H,7H2,1H3. The van der Waals surface area contributed by atoms with Gasteiger partial charge in [0.1, 0.15) is 12.0 Å². The van der Waals surface area contributed by atoms with E-state index in [2.05, 4.69) is 9.97 Å². The first-order valence-corrected chi connectivity index (χ1v) is 6.28. The summed E-state index contributed by atoms with van der Waals surface area (Å²) in [6.45, 7) is 0. The summed E-state index contributed by atoms with van der Waals surface area (Å²) in [4.78, 5) is 18.3. The number of nitro groups is 1. The molecule has 0 aliphatic heterocycles. The van der Waals surface area contributed by atoms with Crippen molar-refractivity contribution in [3.8, 4) is 5.88 Å². The second-order valence-corrected chi connectivity index (χ2v) is 4.54. The van der Waals surface area contributed by atoms with Crippen molar-refractivity contribution in [3.05, 3.63) is 58.0 Å². The predicted octanol–water partition coefficient (Wildman–Crippen LogP) is 2.92. The van der Waals surface area contributed by atoms with Gasteiger partial charge in [-0.15, -0.1) is 11.6 Å². The van der Waals surface area contributed by atoms with Gasteiger partial charge in [-0.05, 0) is 5.56 Å². The molecule has 0 amide bonds. The minimum Gasteiger partial charge on any atom is -0.476 e. The molecule has 0 aliphatic rings. The molecule has 1 aromatic carbocycles. The number of benzene rings is 1. The van der Waals surface area contributed by atoms with Crippen molar-refractivity contribution < 1.29 is 9.66 Å². The lowest BCUT2D eigenvalue weighted by Crippen LogP contribution is -2.06. The summed E-state index contributed by atoms with van der Waals surface area (Å²) in [5.41, 5.74) is 0.892. The smallest absolute Gasteiger partial charge is 0.352 e. The Balaban J connectivity index is 2.32. The van der Waals surface area contributed by atoms with Gasteiger partial charge >= 0.3 is 5.69 Å². The second kappa shape index (κ2) is 6.29. The molecule has 0 radical (unpaired) electrons. The van der Waals surface area contributed by atoms with E-state index in [1.54, 1.807) is 0 Å². The van der Waals surface area contributed by atoms with Crippen LogP contribution >= 0.6 is 11.6 Å². The molecule has 1 aromatic heterocycles. The summed E-state index contributed by atoms with van der Waals surface area (Å²) >= 11 is 6.29. The van der Waals surface area contributed by atoms with Crippen LogP contribution in [0.15, 0.2) is 36.7 Å². The molecule has 1 heterocycles. The summed E-state index contributed by atoms with van der Waals surface area (Å²) in [5, 5.41) is 10.7. The molecule has 20 heavy (non-hydrogen) atoms. The quantitative estimate of drug-likeness (QED) is 0.481. The molecule has 0 bridgehead atoms. The maximum Gasteiger partial charge on any atom is 0.352 e. The number of aromatic nitrogens is 2. The Kier molecular flexibility index (Phi) is 4.47. The highest BCUT2D eigenvalue weighted by Gasteiger charge is 2.25. The number of hydrogen-bond acceptors (Lipinski definition) is 5. The van der Waals surface area contributed by atoms with E-state index in [0.717, 1.165) is 5.56 Å². The second-order valence-electron chi connectivity index (χ2n) is 4.02. The zero-order valence-corrected chi connectivity index (χ0v) is 11.4. The minimum atomic E-state index is -0.553. The third-order valence-electron chi connectivity index (χ3n) is 2.77. The molecule has 2 aromatic rings. The van der Waals surface area contributed by atoms with Crippen LogP contribution in [0.3, 0.4) is 0 Å². The van der Waals surface area contributed by atoms with E-state index in [9.17, 15) is 10.1 Å². The van der Waals surface area contributed by atoms with Gasteiger partial charge in [0, 0.05) is 6.42 Å². The van der Waals surface area contributed by atoms with Gasteiger partial charge in [0.15, 0.2) is 0 Å². The molecule has 0 spiro atoms. The lowest BCUT2D eigenvalue weighted by molar-refractivity contribution is -0.387. The highest BCUT2D eigenvalue weighted by Crippen LogP contribution is 2.32. The molecular weight excluding hydrogens is 282 g/mol. The molecule has 0 N–H and O–H groups in total. The fraction of sp³-hybridized carbons (Fsp3) is 0.231. The zero-order chi connectivity index (χ0) is 14.5. The molecule has 0 fully saturated rings. The molecule has 7 heteroatoms. The number of rotatable bonds is 5. The maximum atomic E-state index is 11.1. The van der Waals surface area contributed by atoms with E-state index in [1.807, 2.05) is 30.3 Å². The van der Waals surface area contributed by atoms with Gasteiger partial charge in [-0.3, -0.25) is 10.1 Å². The van der Waals surface area contributed by atoms with E-state index in [1.165, 1.54) is 13.4 Å². The van der Waals surface area contributed by atoms with Crippen LogP contribution < -0.4 is 4.74 Å². The van der Waals surface area contributed by atoms with Gasteiger partial charge in [0.05, 0.1) is 17.4 Å². The molecule has 1 atom stereocenters. The molecule has 0 saturated carbocycles. The van der Waals surface area contributed by atoms with Crippen molar-refractivity contribution in [2.45, 2.75) is 11.8 Å². The Morgan fingerprint density at radius 2 is 2.05 bits per heavy atom. The first-order chi connectivity index (χ1) is 9.63. The lowest BCUT2D eigenvalue weighted by Gasteiger charge is -2.10. The van der Waals surface area contributed by atoms with Gasteiger partial charge in [-0.1, -0.05) is 30.3 Å². The molecule has 104 valence electrons. The van der Waals surface area contributed by atoms with Crippen LogP contribution in [0.5, 0.6) is 5.88 Å². The van der Waals surface area contributed by atoms with Crippen molar-refractivity contribution >= 4 is 17.3 Å². The fourth-order valence-corrected chi connectivity index (χ4v) is 2.12. The van der Waals surface area contributed by atoms with Crippen LogP contribution in [0.2, 0.25) is 0 Å². The van der Waals surface area contributed by atoms with Gasteiger partial charge in [-0.25, -0.2) is 4.98 Å². The Hall–Kier alpha value is -2.21. The van der Waals surface area contributed by atoms with Crippen molar-refractivity contribution in [2.24, 2.45) is 0 Å². The predicted molar refractivity (Wildman–Crippen MR) is 74.0 cm³/mol. The van der Waals surface area contributed by atoms with Crippen molar-refractivity contribution in [1.29, 1.82) is 0 Å². The van der Waals surface area contributed by atoms with Crippen LogP contribution in [0, 0.1) is 10.1 Å². The van der Waals surface area contributed by atoms with Crippen LogP contribution in [0.25, 0.3) is 0 Å². The van der Waals surface area contributed by atoms with Gasteiger partial charge in [-0.2, -0.15) is 4.98 Å². The van der Waals surface area contributed by atoms with Crippen LogP contribution in [-0.2, 0) is 6.42 Å². The van der Waals surface area contributed by atoms with E-state index in [0.29, 0.717) is 0 Å². The number of ether oxygens (including phenoxy) is 1. The molecule has 0 saturated heterocycles. The minimum absolute atomic E-state index is 0.0584. The zero-order valence-electron chi connectivity index (χ0n) is 10.7. The molecule has 0 aliphatic carbocycles. The largest absolute Gasteiger partial charge is 0.476 e. The molecule has 2 rings (SSSR count). The lowest BCUT2D eigenvalue weighted by atomic mass is 10.1. The number of hydrogen-bond donors (Lipinski definition) is 0. The summed E-state index contributed by atoms with van der Waals surface area (Å²) in [7, 11) is 1.33. The van der Waals surface area contributed by atoms with Gasteiger partial charge < -0.3 is 4.74 Å². The number of alkyl halides is 1. The van der Waals surface area contributed by atoms with E-state index in [4.69, 9.17) is 16.3 Å². The van der Waals surface area contributed by atoms with Gasteiger partial charge in [0.25, 0.3) is 5.88 Å². The van der Waals surface area contributed by atoms with Crippen molar-refractivity contribution in [3.63, 3.8) is 0 Å². The first kappa shape index (κ1) is 14.2. The number of methoxy groups -OCH3 is 1. The van der Waals surface area contributed by atoms with Crippen molar-refractivity contribution in [1.82, 2.24) is 9.97 Å². The van der Waals surface area contributed by atoms with Gasteiger partial charge in [0.2, 0.25) is 0 Å². The number of nitrogens with zero attached hydrogens (tertiary/aromatic N) is 3. The molecule has 6 nitrogen and oxygen atoms in total. The Labute approximate surface area is 120 Å². The third-order valence-corrected chi connectivity index (χ3v) is 3.18. The third kappa shape index (κ3) is 3.03. The monoisotopic (exact) mass is 293 g/mol. The highest BCUT2D eigenvalue weighted by molar-refractivity contribution is 6.20. The number of halogens is 1. The van der Waals surface area contributed by atoms with Crippen LogP contribution in [0.4, 0.5) is 5.69 Å². The van der Waals surface area contributed by atoms with Crippen molar-refractivity contribution in [2.75, 3.05) is 7.11 Å². The topological polar surface area (TPSA) is 78.2 Å². The van der Waals surface area contributed by atoms with Crippen LogP contribution in [0.1, 0.15) is 16.6 Å². The summed E-state index contributed by atoms with van der Waals surface area (Å²) < 4.78 is 4.90. The normalized spacial score (nSPS) is 11.9. The first-order valence-electron chi connectivity index (χ1n) is 5.84. The average molecular weight is 294 g/mol. The summed E-state index contributed by atoms with van der Waals surface area (Å²) in [5.74, 6) is -0.0584. The molecular formula is C13H12ClN3O3. The van der Waals surface area contributed by atoms with E-state index < -0.39 is 10.3 Å². The average Bonchev–Trinajstić information content (AvgIpc) is 2.47. The molecule has 1 unspecified atom stereocenters. The highest BCUT2D eigenvalue weighted by atomic mass is 35.5. The van der Waals surface area contributed by atoms with E-state index >= 15 is 0 Å². The Morgan fingerprint density at radius 1 is 1.35 bits per heavy atom. The summed E-state index contributed by atoms with van der Waals surface area (Å²) in [6, 6.07) is 9.33. The van der Waals surface area contributed by atoms with Crippen LogP contribution in [-0.4, -0.2) is 22.0 Å². The SMILES string of the molecule is COc1ncnc(CC(Cl)c2ccccc2)c1[N+](=O)[O-]. The maximum absolute atomic E-state index is 11.1. The fourth-order valence-electron chi connectivity index (χ4n) is 1.83. The Bertz CT molecular complexity index is 607. The summed E-state index contributed by atoms with van der Waals surface area (Å²) in [6.07, 6.45) is 1.45. The van der Waals surface area contributed by atoms with E-state index in [-0.39, 0.29) is 23.7 Å².